The molecule has 0 spiro atoms. The highest BCUT2D eigenvalue weighted by atomic mass is 16.5. The zero-order chi connectivity index (χ0) is 16.9. The van der Waals surface area contributed by atoms with Gasteiger partial charge in [-0.1, -0.05) is 12.1 Å². The number of hydrogen-bond acceptors (Lipinski definition) is 4. The standard InChI is InChI=1S/C18H24N2O4/c19-17(21)12-24-16-6-2-1-5-15(16)18(22)20-9-3-4-14(10-20)23-11-13-7-8-13/h1-2,5-6,13-14H,3-4,7-12H2,(H2,19,21). The number of carbonyl (C=O) groups excluding carboxylic acids is 2. The number of piperidine rings is 1. The van der Waals surface area contributed by atoms with Gasteiger partial charge in [0, 0.05) is 19.7 Å². The summed E-state index contributed by atoms with van der Waals surface area (Å²) >= 11 is 0. The molecule has 1 aromatic rings. The third kappa shape index (κ3) is 4.47. The Balaban J connectivity index is 1.63. The Labute approximate surface area is 141 Å². The Bertz CT molecular complexity index is 600. The molecule has 2 amide bonds. The average Bonchev–Trinajstić information content (AvgIpc) is 3.42. The maximum Gasteiger partial charge on any atom is 0.257 e. The fourth-order valence-corrected chi connectivity index (χ4v) is 2.90. The van der Waals surface area contributed by atoms with Crippen LogP contribution in [0.3, 0.4) is 0 Å². The van der Waals surface area contributed by atoms with E-state index >= 15 is 0 Å². The molecule has 1 aliphatic heterocycles. The quantitative estimate of drug-likeness (QED) is 0.822. The van der Waals surface area contributed by atoms with Crippen LogP contribution in [0.15, 0.2) is 24.3 Å². The van der Waals surface area contributed by atoms with E-state index < -0.39 is 5.91 Å². The first-order valence-corrected chi connectivity index (χ1v) is 8.54. The molecule has 130 valence electrons. The van der Waals surface area contributed by atoms with Crippen LogP contribution < -0.4 is 10.5 Å². The van der Waals surface area contributed by atoms with Crippen molar-refractivity contribution in [3.05, 3.63) is 29.8 Å². The molecule has 24 heavy (non-hydrogen) atoms. The van der Waals surface area contributed by atoms with Gasteiger partial charge in [0.25, 0.3) is 11.8 Å². The van der Waals surface area contributed by atoms with E-state index in [9.17, 15) is 9.59 Å². The number of hydrogen-bond donors (Lipinski definition) is 1. The van der Waals surface area contributed by atoms with Gasteiger partial charge in [-0.15, -0.1) is 0 Å². The van der Waals surface area contributed by atoms with E-state index in [2.05, 4.69) is 0 Å². The third-order valence-corrected chi connectivity index (χ3v) is 4.42. The van der Waals surface area contributed by atoms with Crippen LogP contribution in [-0.4, -0.2) is 49.1 Å². The number of carbonyl (C=O) groups is 2. The molecule has 1 aliphatic carbocycles. The summed E-state index contributed by atoms with van der Waals surface area (Å²) in [6.45, 7) is 1.89. The Morgan fingerprint density at radius 3 is 2.75 bits per heavy atom. The Morgan fingerprint density at radius 2 is 2.00 bits per heavy atom. The summed E-state index contributed by atoms with van der Waals surface area (Å²) in [4.78, 5) is 25.6. The highest BCUT2D eigenvalue weighted by Crippen LogP contribution is 2.30. The first-order valence-electron chi connectivity index (χ1n) is 8.54. The highest BCUT2D eigenvalue weighted by Gasteiger charge is 2.29. The number of benzene rings is 1. The van der Waals surface area contributed by atoms with Gasteiger partial charge >= 0.3 is 0 Å². The summed E-state index contributed by atoms with van der Waals surface area (Å²) < 4.78 is 11.3. The lowest BCUT2D eigenvalue weighted by Crippen LogP contribution is -2.43. The minimum Gasteiger partial charge on any atom is -0.483 e. The van der Waals surface area contributed by atoms with Crippen molar-refractivity contribution in [2.45, 2.75) is 31.8 Å². The third-order valence-electron chi connectivity index (χ3n) is 4.42. The minimum absolute atomic E-state index is 0.0882. The summed E-state index contributed by atoms with van der Waals surface area (Å²) in [5.74, 6) is 0.458. The zero-order valence-corrected chi connectivity index (χ0v) is 13.8. The summed E-state index contributed by atoms with van der Waals surface area (Å²) in [5.41, 5.74) is 5.57. The fraction of sp³-hybridized carbons (Fsp3) is 0.556. The molecule has 6 heteroatoms. The van der Waals surface area contributed by atoms with Crippen molar-refractivity contribution in [1.82, 2.24) is 4.90 Å². The second-order valence-electron chi connectivity index (χ2n) is 6.54. The lowest BCUT2D eigenvalue weighted by atomic mass is 10.1. The van der Waals surface area contributed by atoms with Crippen LogP contribution in [0.2, 0.25) is 0 Å². The first-order chi connectivity index (χ1) is 11.6. The second-order valence-corrected chi connectivity index (χ2v) is 6.54. The summed E-state index contributed by atoms with van der Waals surface area (Å²) in [6, 6.07) is 6.95. The molecule has 1 unspecified atom stereocenters. The molecule has 0 aromatic heterocycles. The van der Waals surface area contributed by atoms with E-state index in [1.54, 1.807) is 24.3 Å². The second kappa shape index (κ2) is 7.66. The van der Waals surface area contributed by atoms with E-state index in [0.29, 0.717) is 24.4 Å². The van der Waals surface area contributed by atoms with E-state index in [0.717, 1.165) is 25.4 Å². The van der Waals surface area contributed by atoms with Gasteiger partial charge in [0.2, 0.25) is 0 Å². The van der Waals surface area contributed by atoms with Crippen molar-refractivity contribution in [1.29, 1.82) is 0 Å². The normalized spacial score (nSPS) is 20.7. The predicted octanol–water partition coefficient (Wildman–Crippen LogP) is 1.58. The molecule has 3 rings (SSSR count). The van der Waals surface area contributed by atoms with Gasteiger partial charge in [-0.25, -0.2) is 0 Å². The lowest BCUT2D eigenvalue weighted by Gasteiger charge is -2.33. The largest absolute Gasteiger partial charge is 0.483 e. The maximum atomic E-state index is 12.8. The molecule has 0 bridgehead atoms. The van der Waals surface area contributed by atoms with Gasteiger partial charge in [-0.3, -0.25) is 9.59 Å². The van der Waals surface area contributed by atoms with Gasteiger partial charge in [0.05, 0.1) is 11.7 Å². The molecule has 2 N–H and O–H groups in total. The molecule has 2 aliphatic rings. The number of rotatable bonds is 7. The molecule has 1 saturated heterocycles. The van der Waals surface area contributed by atoms with Crippen LogP contribution in [0, 0.1) is 5.92 Å². The van der Waals surface area contributed by atoms with Gasteiger partial charge in [0.15, 0.2) is 6.61 Å². The SMILES string of the molecule is NC(=O)COc1ccccc1C(=O)N1CCCC(OCC2CC2)C1. The molecule has 1 aromatic carbocycles. The van der Waals surface area contributed by atoms with Gasteiger partial charge in [-0.05, 0) is 43.7 Å². The van der Waals surface area contributed by atoms with Crippen molar-refractivity contribution in [3.63, 3.8) is 0 Å². The molecule has 1 atom stereocenters. The van der Waals surface area contributed by atoms with Crippen LogP contribution in [0.1, 0.15) is 36.0 Å². The predicted molar refractivity (Wildman–Crippen MR) is 88.7 cm³/mol. The molecule has 6 nitrogen and oxygen atoms in total. The Hall–Kier alpha value is -2.08. The summed E-state index contributed by atoms with van der Waals surface area (Å²) in [6.07, 6.45) is 4.57. The monoisotopic (exact) mass is 332 g/mol. The number of primary amides is 1. The Morgan fingerprint density at radius 1 is 1.21 bits per heavy atom. The van der Waals surface area contributed by atoms with Gasteiger partial charge < -0.3 is 20.1 Å². The number of nitrogens with zero attached hydrogens (tertiary/aromatic N) is 1. The average molecular weight is 332 g/mol. The number of amides is 2. The van der Waals surface area contributed by atoms with Crippen molar-refractivity contribution >= 4 is 11.8 Å². The lowest BCUT2D eigenvalue weighted by molar-refractivity contribution is -0.119. The summed E-state index contributed by atoms with van der Waals surface area (Å²) in [5, 5.41) is 0. The van der Waals surface area contributed by atoms with Gasteiger partial charge in [-0.2, -0.15) is 0 Å². The van der Waals surface area contributed by atoms with E-state index in [1.165, 1.54) is 12.8 Å². The minimum atomic E-state index is -0.566. The van der Waals surface area contributed by atoms with Crippen LogP contribution in [0.25, 0.3) is 0 Å². The van der Waals surface area contributed by atoms with Crippen LogP contribution in [0.4, 0.5) is 0 Å². The van der Waals surface area contributed by atoms with E-state index in [4.69, 9.17) is 15.2 Å². The van der Waals surface area contributed by atoms with E-state index in [-0.39, 0.29) is 18.6 Å². The Kier molecular flexibility index (Phi) is 5.35. The summed E-state index contributed by atoms with van der Waals surface area (Å²) in [7, 11) is 0. The van der Waals surface area contributed by atoms with Crippen molar-refractivity contribution in [2.24, 2.45) is 11.7 Å². The number of likely N-dealkylation sites (tertiary alicyclic amines) is 1. The molecule has 1 heterocycles. The molecule has 0 radical (unpaired) electrons. The fourth-order valence-electron chi connectivity index (χ4n) is 2.90. The smallest absolute Gasteiger partial charge is 0.257 e. The maximum absolute atomic E-state index is 12.8. The van der Waals surface area contributed by atoms with Crippen LogP contribution in [0.5, 0.6) is 5.75 Å². The van der Waals surface area contributed by atoms with Crippen LogP contribution in [-0.2, 0) is 9.53 Å². The number of nitrogens with two attached hydrogens (primary N) is 1. The topological polar surface area (TPSA) is 81.9 Å². The molecule has 2 fully saturated rings. The van der Waals surface area contributed by atoms with E-state index in [1.807, 2.05) is 4.90 Å². The van der Waals surface area contributed by atoms with Crippen molar-refractivity contribution in [2.75, 3.05) is 26.3 Å². The van der Waals surface area contributed by atoms with Crippen molar-refractivity contribution < 1.29 is 19.1 Å². The molecular weight excluding hydrogens is 308 g/mol. The number of ether oxygens (including phenoxy) is 2. The first kappa shape index (κ1) is 16.8. The van der Waals surface area contributed by atoms with Crippen LogP contribution >= 0.6 is 0 Å². The highest BCUT2D eigenvalue weighted by molar-refractivity contribution is 5.97. The van der Waals surface area contributed by atoms with Gasteiger partial charge in [0.1, 0.15) is 5.75 Å². The molecular formula is C18H24N2O4. The van der Waals surface area contributed by atoms with Crippen molar-refractivity contribution in [3.8, 4) is 5.75 Å². The zero-order valence-electron chi connectivity index (χ0n) is 13.8. The molecule has 1 saturated carbocycles. The number of para-hydroxylation sites is 1.